The highest BCUT2D eigenvalue weighted by atomic mass is 32.1. The van der Waals surface area contributed by atoms with E-state index in [0.29, 0.717) is 27.7 Å². The summed E-state index contributed by atoms with van der Waals surface area (Å²) in [6, 6.07) is 12.6. The quantitative estimate of drug-likeness (QED) is 0.797. The van der Waals surface area contributed by atoms with E-state index in [1.165, 1.54) is 0 Å². The summed E-state index contributed by atoms with van der Waals surface area (Å²) in [6.07, 6.45) is 1.66. The number of carboxylic acids is 1. The van der Waals surface area contributed by atoms with Crippen LogP contribution in [0.15, 0.2) is 48.7 Å². The van der Waals surface area contributed by atoms with Gasteiger partial charge in [-0.25, -0.2) is 9.78 Å². The van der Waals surface area contributed by atoms with Crippen LogP contribution in [0.1, 0.15) is 9.67 Å². The van der Waals surface area contributed by atoms with Gasteiger partial charge in [-0.15, -0.1) is 11.3 Å². The van der Waals surface area contributed by atoms with E-state index < -0.39 is 5.97 Å². The molecule has 0 unspecified atom stereocenters. The van der Waals surface area contributed by atoms with Gasteiger partial charge in [-0.1, -0.05) is 18.2 Å². The highest BCUT2D eigenvalue weighted by Gasteiger charge is 2.20. The van der Waals surface area contributed by atoms with Crippen LogP contribution in [0.2, 0.25) is 0 Å². The van der Waals surface area contributed by atoms with Gasteiger partial charge in [0.05, 0.1) is 18.5 Å². The average Bonchev–Trinajstić information content (AvgIpc) is 3.01. The van der Waals surface area contributed by atoms with Crippen LogP contribution in [-0.4, -0.2) is 28.2 Å². The van der Waals surface area contributed by atoms with Crippen LogP contribution in [0.25, 0.3) is 22.0 Å². The summed E-state index contributed by atoms with van der Waals surface area (Å²) in [5.74, 6) is -0.348. The molecule has 2 aromatic heterocycles. The van der Waals surface area contributed by atoms with E-state index in [-0.39, 0.29) is 4.88 Å². The van der Waals surface area contributed by atoms with Crippen molar-refractivity contribution in [2.24, 2.45) is 0 Å². The van der Waals surface area contributed by atoms with E-state index in [1.54, 1.807) is 43.6 Å². The van der Waals surface area contributed by atoms with Crippen LogP contribution in [0.3, 0.4) is 0 Å². The van der Waals surface area contributed by atoms with Gasteiger partial charge in [0.25, 0.3) is 0 Å². The van der Waals surface area contributed by atoms with Gasteiger partial charge in [0, 0.05) is 11.8 Å². The van der Waals surface area contributed by atoms with Gasteiger partial charge in [0.15, 0.2) is 0 Å². The number of aromatic carboxylic acids is 1. The molecule has 0 atom stereocenters. The lowest BCUT2D eigenvalue weighted by Gasteiger charge is -2.02. The SMILES string of the molecule is COc1cccc(-c2nc(-c3ccccn3)sc2C(=O)O)c1. The first-order chi connectivity index (χ1) is 10.7. The monoisotopic (exact) mass is 312 g/mol. The zero-order valence-corrected chi connectivity index (χ0v) is 12.5. The molecule has 0 bridgehead atoms. The molecule has 3 aromatic rings. The fourth-order valence-electron chi connectivity index (χ4n) is 2.03. The Hall–Kier alpha value is -2.73. The number of carboxylic acid groups (broad SMARTS) is 1. The third-order valence-corrected chi connectivity index (χ3v) is 4.11. The number of aromatic nitrogens is 2. The van der Waals surface area contributed by atoms with Crippen molar-refractivity contribution in [1.82, 2.24) is 9.97 Å². The summed E-state index contributed by atoms with van der Waals surface area (Å²) in [6.45, 7) is 0. The highest BCUT2D eigenvalue weighted by Crippen LogP contribution is 2.34. The molecule has 0 amide bonds. The Kier molecular flexibility index (Phi) is 3.84. The number of pyridine rings is 1. The lowest BCUT2D eigenvalue weighted by Crippen LogP contribution is -1.95. The summed E-state index contributed by atoms with van der Waals surface area (Å²) >= 11 is 1.12. The van der Waals surface area contributed by atoms with Crippen molar-refractivity contribution in [2.75, 3.05) is 7.11 Å². The zero-order valence-electron chi connectivity index (χ0n) is 11.7. The van der Waals surface area contributed by atoms with Crippen molar-refractivity contribution in [3.8, 4) is 27.7 Å². The number of hydrogen-bond acceptors (Lipinski definition) is 5. The van der Waals surface area contributed by atoms with Gasteiger partial charge < -0.3 is 9.84 Å². The molecule has 0 aliphatic carbocycles. The number of methoxy groups -OCH3 is 1. The zero-order chi connectivity index (χ0) is 15.5. The van der Waals surface area contributed by atoms with Crippen LogP contribution in [0, 0.1) is 0 Å². The molecule has 0 aliphatic heterocycles. The number of carbonyl (C=O) groups is 1. The molecule has 0 fully saturated rings. The van der Waals surface area contributed by atoms with Crippen LogP contribution in [0.5, 0.6) is 5.75 Å². The number of nitrogens with zero attached hydrogens (tertiary/aromatic N) is 2. The molecule has 22 heavy (non-hydrogen) atoms. The van der Waals surface area contributed by atoms with Crippen molar-refractivity contribution in [3.63, 3.8) is 0 Å². The predicted molar refractivity (Wildman–Crippen MR) is 84.3 cm³/mol. The van der Waals surface area contributed by atoms with Crippen LogP contribution in [-0.2, 0) is 0 Å². The topological polar surface area (TPSA) is 72.3 Å². The van der Waals surface area contributed by atoms with E-state index in [1.807, 2.05) is 12.1 Å². The summed E-state index contributed by atoms with van der Waals surface area (Å²) in [7, 11) is 1.57. The second-order valence-electron chi connectivity index (χ2n) is 4.45. The molecule has 110 valence electrons. The van der Waals surface area contributed by atoms with Crippen molar-refractivity contribution in [1.29, 1.82) is 0 Å². The number of hydrogen-bond donors (Lipinski definition) is 1. The fraction of sp³-hybridized carbons (Fsp3) is 0.0625. The summed E-state index contributed by atoms with van der Waals surface area (Å²) in [4.78, 5) is 20.4. The van der Waals surface area contributed by atoms with E-state index in [4.69, 9.17) is 4.74 Å². The highest BCUT2D eigenvalue weighted by molar-refractivity contribution is 7.17. The minimum atomic E-state index is -1.00. The minimum Gasteiger partial charge on any atom is -0.497 e. The molecule has 0 radical (unpaired) electrons. The minimum absolute atomic E-state index is 0.189. The molecule has 6 heteroatoms. The third kappa shape index (κ3) is 2.68. The van der Waals surface area contributed by atoms with Crippen molar-refractivity contribution in [2.45, 2.75) is 0 Å². The molecule has 0 aliphatic rings. The Balaban J connectivity index is 2.14. The van der Waals surface area contributed by atoms with E-state index >= 15 is 0 Å². The number of ether oxygens (including phenoxy) is 1. The predicted octanol–water partition coefficient (Wildman–Crippen LogP) is 3.58. The van der Waals surface area contributed by atoms with Crippen LogP contribution >= 0.6 is 11.3 Å². The van der Waals surface area contributed by atoms with Gasteiger partial charge in [-0.05, 0) is 24.3 Å². The Morgan fingerprint density at radius 1 is 1.23 bits per heavy atom. The third-order valence-electron chi connectivity index (χ3n) is 3.05. The molecule has 1 aromatic carbocycles. The molecule has 0 saturated heterocycles. The molecular formula is C16H12N2O3S. The van der Waals surface area contributed by atoms with Gasteiger partial charge in [0.2, 0.25) is 0 Å². The normalized spacial score (nSPS) is 10.4. The fourth-order valence-corrected chi connectivity index (χ4v) is 2.93. The summed E-state index contributed by atoms with van der Waals surface area (Å²) < 4.78 is 5.18. The number of benzene rings is 1. The van der Waals surface area contributed by atoms with Crippen molar-refractivity contribution in [3.05, 3.63) is 53.5 Å². The maximum atomic E-state index is 11.5. The van der Waals surface area contributed by atoms with Crippen LogP contribution in [0.4, 0.5) is 0 Å². The molecule has 2 heterocycles. The van der Waals surface area contributed by atoms with Gasteiger partial charge in [-0.3, -0.25) is 4.98 Å². The maximum Gasteiger partial charge on any atom is 0.348 e. The molecule has 0 spiro atoms. The average molecular weight is 312 g/mol. The number of rotatable bonds is 4. The van der Waals surface area contributed by atoms with Gasteiger partial charge >= 0.3 is 5.97 Å². The van der Waals surface area contributed by atoms with Crippen molar-refractivity contribution < 1.29 is 14.6 Å². The van der Waals surface area contributed by atoms with E-state index in [0.717, 1.165) is 11.3 Å². The Morgan fingerprint density at radius 2 is 2.09 bits per heavy atom. The molecule has 5 nitrogen and oxygen atoms in total. The second kappa shape index (κ2) is 5.95. The summed E-state index contributed by atoms with van der Waals surface area (Å²) in [5.41, 5.74) is 1.79. The Labute approximate surface area is 130 Å². The smallest absolute Gasteiger partial charge is 0.348 e. The first-order valence-corrected chi connectivity index (χ1v) is 7.30. The first-order valence-electron chi connectivity index (χ1n) is 6.49. The first kappa shape index (κ1) is 14.2. The molecule has 0 saturated carbocycles. The van der Waals surface area contributed by atoms with E-state index in [9.17, 15) is 9.90 Å². The van der Waals surface area contributed by atoms with Gasteiger partial charge in [0.1, 0.15) is 15.6 Å². The molecule has 3 rings (SSSR count). The van der Waals surface area contributed by atoms with E-state index in [2.05, 4.69) is 9.97 Å². The Morgan fingerprint density at radius 3 is 2.77 bits per heavy atom. The molecule has 1 N–H and O–H groups in total. The molecular weight excluding hydrogens is 300 g/mol. The van der Waals surface area contributed by atoms with Gasteiger partial charge in [-0.2, -0.15) is 0 Å². The maximum absolute atomic E-state index is 11.5. The van der Waals surface area contributed by atoms with Crippen LogP contribution < -0.4 is 4.74 Å². The standard InChI is InChI=1S/C16H12N2O3S/c1-21-11-6-4-5-10(9-11)13-14(16(19)20)22-15(18-13)12-7-2-3-8-17-12/h2-9H,1H3,(H,19,20). The largest absolute Gasteiger partial charge is 0.497 e. The Bertz CT molecular complexity index is 815. The second-order valence-corrected chi connectivity index (χ2v) is 5.45. The van der Waals surface area contributed by atoms with Crippen molar-refractivity contribution >= 4 is 17.3 Å². The lowest BCUT2D eigenvalue weighted by molar-refractivity contribution is 0.0702. The lowest BCUT2D eigenvalue weighted by atomic mass is 10.1. The summed E-state index contributed by atoms with van der Waals surface area (Å²) in [5, 5.41) is 10.0. The number of thiazole rings is 1.